The molecule has 2 atom stereocenters. The van der Waals surface area contributed by atoms with Crippen molar-refractivity contribution in [2.75, 3.05) is 19.8 Å². The van der Waals surface area contributed by atoms with Gasteiger partial charge in [0.05, 0.1) is 6.61 Å². The number of hydrogen-bond acceptors (Lipinski definition) is 2. The third kappa shape index (κ3) is 1.22. The van der Waals surface area contributed by atoms with Gasteiger partial charge >= 0.3 is 0 Å². The zero-order valence-corrected chi connectivity index (χ0v) is 7.80. The molecule has 2 saturated heterocycles. The Morgan fingerprint density at radius 2 is 2.46 bits per heavy atom. The lowest BCUT2D eigenvalue weighted by Crippen LogP contribution is -2.45. The maximum Gasteiger partial charge on any atom is 0.105 e. The summed E-state index contributed by atoms with van der Waals surface area (Å²) in [6.07, 6.45) is 2.64. The summed E-state index contributed by atoms with van der Waals surface area (Å²) in [7, 11) is 0. The Hall–Kier alpha value is -0.410. The highest BCUT2D eigenvalue weighted by Gasteiger charge is 2.49. The van der Waals surface area contributed by atoms with Crippen LogP contribution in [0.25, 0.3) is 0 Å². The predicted octanol–water partition coefficient (Wildman–Crippen LogP) is 1.11. The van der Waals surface area contributed by atoms with Crippen molar-refractivity contribution in [1.29, 1.82) is 0 Å². The average Bonchev–Trinajstić information content (AvgIpc) is 2.59. The van der Waals surface area contributed by atoms with E-state index in [2.05, 4.69) is 11.5 Å². The number of nitrogens with zero attached hydrogens (tertiary/aromatic N) is 1. The second-order valence-corrected chi connectivity index (χ2v) is 4.28. The van der Waals surface area contributed by atoms with Crippen LogP contribution in [-0.2, 0) is 0 Å². The molecule has 0 saturated carbocycles. The van der Waals surface area contributed by atoms with Crippen LogP contribution in [0.1, 0.15) is 19.3 Å². The van der Waals surface area contributed by atoms with Gasteiger partial charge in [0.15, 0.2) is 0 Å². The summed E-state index contributed by atoms with van der Waals surface area (Å²) in [4.78, 5) is 2.11. The van der Waals surface area contributed by atoms with E-state index in [4.69, 9.17) is 0 Å². The molecule has 1 N–H and O–H groups in total. The first-order chi connectivity index (χ1) is 6.22. The van der Waals surface area contributed by atoms with E-state index in [0.717, 1.165) is 31.4 Å². The van der Waals surface area contributed by atoms with Gasteiger partial charge in [-0.25, -0.2) is 4.39 Å². The zero-order valence-electron chi connectivity index (χ0n) is 7.80. The van der Waals surface area contributed by atoms with E-state index >= 15 is 0 Å². The van der Waals surface area contributed by atoms with Crippen LogP contribution in [0.2, 0.25) is 0 Å². The minimum absolute atomic E-state index is 0.0198. The quantitative estimate of drug-likeness (QED) is 0.651. The Kier molecular flexibility index (Phi) is 2.16. The lowest BCUT2D eigenvalue weighted by atomic mass is 9.94. The summed E-state index contributed by atoms with van der Waals surface area (Å²) in [6, 6.07) is 0.0198. The summed E-state index contributed by atoms with van der Waals surface area (Å²) < 4.78 is 12.6. The van der Waals surface area contributed by atoms with E-state index < -0.39 is 0 Å². The van der Waals surface area contributed by atoms with Gasteiger partial charge < -0.3 is 5.11 Å². The number of fused-ring (bicyclic) bond motifs is 1. The molecule has 2 fully saturated rings. The number of rotatable bonds is 2. The number of hydrogen-bond donors (Lipinski definition) is 1. The van der Waals surface area contributed by atoms with Crippen molar-refractivity contribution >= 4 is 0 Å². The lowest BCUT2D eigenvalue weighted by Gasteiger charge is -2.31. The molecule has 0 aromatic rings. The molecule has 0 amide bonds. The largest absolute Gasteiger partial charge is 0.394 e. The van der Waals surface area contributed by atoms with Crippen LogP contribution in [0, 0.1) is 0 Å². The molecule has 0 bridgehead atoms. The van der Waals surface area contributed by atoms with Crippen LogP contribution in [0.5, 0.6) is 0 Å². The molecular weight excluding hydrogens is 169 g/mol. The summed E-state index contributed by atoms with van der Waals surface area (Å²) in [5.74, 6) is 0. The van der Waals surface area contributed by atoms with Crippen molar-refractivity contribution in [3.8, 4) is 0 Å². The van der Waals surface area contributed by atoms with Gasteiger partial charge in [-0.1, -0.05) is 12.2 Å². The number of aliphatic hydroxyl groups excluding tert-OH is 1. The van der Waals surface area contributed by atoms with Crippen molar-refractivity contribution < 1.29 is 9.50 Å². The maximum absolute atomic E-state index is 12.6. The average molecular weight is 185 g/mol. The zero-order chi connectivity index (χ0) is 9.47. The molecule has 2 nitrogen and oxygen atoms in total. The van der Waals surface area contributed by atoms with Gasteiger partial charge in [0.1, 0.15) is 6.67 Å². The molecule has 0 spiro atoms. The van der Waals surface area contributed by atoms with Gasteiger partial charge in [-0.2, -0.15) is 0 Å². The minimum Gasteiger partial charge on any atom is -0.394 e. The summed E-state index contributed by atoms with van der Waals surface area (Å²) >= 11 is 0. The first-order valence-corrected chi connectivity index (χ1v) is 4.82. The standard InChI is InChI=1S/C10H16FNO/c1-8-4-10(7-13)3-2-9(5-11)12(10)6-8/h9,13H,1-7H2. The van der Waals surface area contributed by atoms with Gasteiger partial charge in [-0.15, -0.1) is 0 Å². The van der Waals surface area contributed by atoms with Crippen molar-refractivity contribution in [2.24, 2.45) is 0 Å². The molecule has 0 radical (unpaired) electrons. The lowest BCUT2D eigenvalue weighted by molar-refractivity contribution is 0.0708. The molecule has 0 aromatic heterocycles. The predicted molar refractivity (Wildman–Crippen MR) is 49.3 cm³/mol. The first-order valence-electron chi connectivity index (χ1n) is 4.82. The van der Waals surface area contributed by atoms with Crippen LogP contribution >= 0.6 is 0 Å². The minimum atomic E-state index is -0.297. The second kappa shape index (κ2) is 3.07. The van der Waals surface area contributed by atoms with E-state index in [9.17, 15) is 9.50 Å². The molecule has 0 aromatic carbocycles. The van der Waals surface area contributed by atoms with Crippen LogP contribution < -0.4 is 0 Å². The first kappa shape index (κ1) is 9.16. The Bertz CT molecular complexity index is 231. The number of alkyl halides is 1. The van der Waals surface area contributed by atoms with Gasteiger partial charge in [-0.05, 0) is 19.3 Å². The van der Waals surface area contributed by atoms with Crippen LogP contribution in [-0.4, -0.2) is 41.4 Å². The van der Waals surface area contributed by atoms with Crippen molar-refractivity contribution in [1.82, 2.24) is 4.90 Å². The van der Waals surface area contributed by atoms with Crippen LogP contribution in [0.4, 0.5) is 4.39 Å². The Morgan fingerprint density at radius 3 is 3.08 bits per heavy atom. The fourth-order valence-electron chi connectivity index (χ4n) is 2.76. The SMILES string of the molecule is C=C1CN2C(CF)CCC2(CO)C1. The van der Waals surface area contributed by atoms with E-state index in [1.54, 1.807) is 0 Å². The van der Waals surface area contributed by atoms with E-state index in [0.29, 0.717) is 0 Å². The summed E-state index contributed by atoms with van der Waals surface area (Å²) in [5.41, 5.74) is 0.973. The molecule has 2 aliphatic rings. The van der Waals surface area contributed by atoms with E-state index in [-0.39, 0.29) is 24.9 Å². The Morgan fingerprint density at radius 1 is 1.69 bits per heavy atom. The fourth-order valence-corrected chi connectivity index (χ4v) is 2.76. The number of halogens is 1. The second-order valence-electron chi connectivity index (χ2n) is 4.28. The maximum atomic E-state index is 12.6. The van der Waals surface area contributed by atoms with Crippen molar-refractivity contribution in [2.45, 2.75) is 30.8 Å². The van der Waals surface area contributed by atoms with E-state index in [1.807, 2.05) is 0 Å². The topological polar surface area (TPSA) is 23.5 Å². The highest BCUT2D eigenvalue weighted by molar-refractivity contribution is 5.19. The van der Waals surface area contributed by atoms with Crippen LogP contribution in [0.15, 0.2) is 12.2 Å². The van der Waals surface area contributed by atoms with Gasteiger partial charge in [0, 0.05) is 18.1 Å². The smallest absolute Gasteiger partial charge is 0.105 e. The number of aliphatic hydroxyl groups is 1. The van der Waals surface area contributed by atoms with Crippen molar-refractivity contribution in [3.05, 3.63) is 12.2 Å². The molecular formula is C10H16FNO. The van der Waals surface area contributed by atoms with Gasteiger partial charge in [-0.3, -0.25) is 4.90 Å². The Balaban J connectivity index is 2.21. The highest BCUT2D eigenvalue weighted by atomic mass is 19.1. The van der Waals surface area contributed by atoms with Crippen LogP contribution in [0.3, 0.4) is 0 Å². The highest BCUT2D eigenvalue weighted by Crippen LogP contribution is 2.43. The molecule has 2 heterocycles. The third-order valence-electron chi connectivity index (χ3n) is 3.44. The fraction of sp³-hybridized carbons (Fsp3) is 0.800. The third-order valence-corrected chi connectivity index (χ3v) is 3.44. The monoisotopic (exact) mass is 185 g/mol. The molecule has 2 unspecified atom stereocenters. The van der Waals surface area contributed by atoms with Gasteiger partial charge in [0.2, 0.25) is 0 Å². The molecule has 2 rings (SSSR count). The molecule has 0 aliphatic carbocycles. The molecule has 13 heavy (non-hydrogen) atoms. The molecule has 2 aliphatic heterocycles. The molecule has 3 heteroatoms. The Labute approximate surface area is 78.0 Å². The van der Waals surface area contributed by atoms with E-state index in [1.165, 1.54) is 0 Å². The normalized spacial score (nSPS) is 39.8. The van der Waals surface area contributed by atoms with Crippen molar-refractivity contribution in [3.63, 3.8) is 0 Å². The van der Waals surface area contributed by atoms with Gasteiger partial charge in [0.25, 0.3) is 0 Å². The summed E-state index contributed by atoms with van der Waals surface area (Å²) in [5, 5.41) is 9.35. The molecule has 74 valence electrons. The summed E-state index contributed by atoms with van der Waals surface area (Å²) in [6.45, 7) is 4.54.